The number of anilines is 1. The lowest BCUT2D eigenvalue weighted by molar-refractivity contribution is -0.113. The topological polar surface area (TPSA) is 68.0 Å². The Balaban J connectivity index is 1.40. The standard InChI is InChI=1S/C20H17N3O2S2/c1-12-7-8-13(2)14(9-12)16-10-26-19(21-16)23-18(24)11-27-20-22-15-5-3-4-6-17(15)25-20/h3-10H,11H2,1-2H3,(H,21,23,24). The van der Waals surface area contributed by atoms with Crippen LogP contribution in [-0.4, -0.2) is 21.6 Å². The predicted molar refractivity (Wildman–Crippen MR) is 110 cm³/mol. The zero-order valence-electron chi connectivity index (χ0n) is 14.9. The number of hydrogen-bond acceptors (Lipinski definition) is 6. The van der Waals surface area contributed by atoms with Crippen molar-refractivity contribution in [2.75, 3.05) is 11.1 Å². The third kappa shape index (κ3) is 4.04. The SMILES string of the molecule is Cc1ccc(C)c(-c2csc(NC(=O)CSc3nc4ccccc4o3)n2)c1. The molecule has 0 saturated heterocycles. The van der Waals surface area contributed by atoms with Crippen molar-refractivity contribution < 1.29 is 9.21 Å². The van der Waals surface area contributed by atoms with Crippen molar-refractivity contribution in [1.29, 1.82) is 0 Å². The molecule has 0 atom stereocenters. The highest BCUT2D eigenvalue weighted by atomic mass is 32.2. The summed E-state index contributed by atoms with van der Waals surface area (Å²) in [6.07, 6.45) is 0. The number of nitrogens with zero attached hydrogens (tertiary/aromatic N) is 2. The van der Waals surface area contributed by atoms with Gasteiger partial charge in [0, 0.05) is 10.9 Å². The molecule has 2 aromatic heterocycles. The average Bonchev–Trinajstić information content (AvgIpc) is 3.28. The third-order valence-corrected chi connectivity index (χ3v) is 5.61. The number of oxazole rings is 1. The summed E-state index contributed by atoms with van der Waals surface area (Å²) in [5, 5.41) is 5.89. The van der Waals surface area contributed by atoms with Crippen LogP contribution in [0.25, 0.3) is 22.4 Å². The molecule has 0 fully saturated rings. The van der Waals surface area contributed by atoms with E-state index in [0.29, 0.717) is 10.4 Å². The summed E-state index contributed by atoms with van der Waals surface area (Å²) in [6, 6.07) is 13.8. The molecule has 0 aliphatic heterocycles. The van der Waals surface area contributed by atoms with Crippen LogP contribution in [0.15, 0.2) is 57.5 Å². The first kappa shape index (κ1) is 17.8. The molecule has 136 valence electrons. The lowest BCUT2D eigenvalue weighted by Crippen LogP contribution is -2.13. The Hall–Kier alpha value is -2.64. The molecule has 0 saturated carbocycles. The van der Waals surface area contributed by atoms with Gasteiger partial charge in [0.05, 0.1) is 11.4 Å². The van der Waals surface area contributed by atoms with Gasteiger partial charge < -0.3 is 9.73 Å². The molecule has 1 N–H and O–H groups in total. The summed E-state index contributed by atoms with van der Waals surface area (Å²) >= 11 is 2.69. The van der Waals surface area contributed by atoms with E-state index in [4.69, 9.17) is 4.42 Å². The predicted octanol–water partition coefficient (Wildman–Crippen LogP) is 5.30. The van der Waals surface area contributed by atoms with Crippen LogP contribution in [0.4, 0.5) is 5.13 Å². The maximum absolute atomic E-state index is 12.2. The van der Waals surface area contributed by atoms with Crippen molar-refractivity contribution in [3.8, 4) is 11.3 Å². The van der Waals surface area contributed by atoms with Crippen LogP contribution >= 0.6 is 23.1 Å². The van der Waals surface area contributed by atoms with Crippen LogP contribution in [0.3, 0.4) is 0 Å². The van der Waals surface area contributed by atoms with Crippen molar-refractivity contribution in [2.24, 2.45) is 0 Å². The molecule has 0 unspecified atom stereocenters. The van der Waals surface area contributed by atoms with Crippen LogP contribution in [0.5, 0.6) is 0 Å². The lowest BCUT2D eigenvalue weighted by Gasteiger charge is -2.04. The molecule has 4 rings (SSSR count). The number of thioether (sulfide) groups is 1. The molecule has 5 nitrogen and oxygen atoms in total. The van der Waals surface area contributed by atoms with Gasteiger partial charge in [-0.15, -0.1) is 11.3 Å². The summed E-state index contributed by atoms with van der Waals surface area (Å²) in [5.74, 6) is 0.0784. The highest BCUT2D eigenvalue weighted by Crippen LogP contribution is 2.29. The van der Waals surface area contributed by atoms with Crippen LogP contribution < -0.4 is 5.32 Å². The number of thiazole rings is 1. The number of benzene rings is 2. The van der Waals surface area contributed by atoms with E-state index in [1.165, 1.54) is 28.7 Å². The van der Waals surface area contributed by atoms with Gasteiger partial charge in [-0.05, 0) is 37.6 Å². The maximum Gasteiger partial charge on any atom is 0.257 e. The van der Waals surface area contributed by atoms with Crippen LogP contribution in [0, 0.1) is 13.8 Å². The summed E-state index contributed by atoms with van der Waals surface area (Å²) in [6.45, 7) is 4.12. The van der Waals surface area contributed by atoms with Crippen molar-refractivity contribution in [1.82, 2.24) is 9.97 Å². The summed E-state index contributed by atoms with van der Waals surface area (Å²) in [5.41, 5.74) is 5.83. The monoisotopic (exact) mass is 395 g/mol. The normalized spacial score (nSPS) is 11.0. The Morgan fingerprint density at radius 1 is 1.19 bits per heavy atom. The molecule has 27 heavy (non-hydrogen) atoms. The van der Waals surface area contributed by atoms with Gasteiger partial charge in [0.2, 0.25) is 5.91 Å². The Morgan fingerprint density at radius 2 is 2.04 bits per heavy atom. The van der Waals surface area contributed by atoms with E-state index in [2.05, 4.69) is 47.3 Å². The van der Waals surface area contributed by atoms with Gasteiger partial charge in [0.1, 0.15) is 5.52 Å². The Morgan fingerprint density at radius 3 is 2.89 bits per heavy atom. The second-order valence-electron chi connectivity index (χ2n) is 6.14. The van der Waals surface area contributed by atoms with Crippen LogP contribution in [0.1, 0.15) is 11.1 Å². The van der Waals surface area contributed by atoms with Crippen LogP contribution in [-0.2, 0) is 4.79 Å². The van der Waals surface area contributed by atoms with E-state index in [1.54, 1.807) is 0 Å². The van der Waals surface area contributed by atoms with Crippen molar-refractivity contribution in [3.05, 3.63) is 59.0 Å². The van der Waals surface area contributed by atoms with Crippen molar-refractivity contribution in [2.45, 2.75) is 19.1 Å². The number of carbonyl (C=O) groups is 1. The molecule has 7 heteroatoms. The molecular formula is C20H17N3O2S2. The van der Waals surface area contributed by atoms with Gasteiger partial charge in [0.15, 0.2) is 10.7 Å². The number of aryl methyl sites for hydroxylation is 2. The fourth-order valence-corrected chi connectivity index (χ4v) is 4.03. The molecule has 4 aromatic rings. The number of amides is 1. The number of nitrogens with one attached hydrogen (secondary N) is 1. The van der Waals surface area contributed by atoms with Gasteiger partial charge >= 0.3 is 0 Å². The molecule has 0 spiro atoms. The van der Waals surface area contributed by atoms with E-state index < -0.39 is 0 Å². The summed E-state index contributed by atoms with van der Waals surface area (Å²) < 4.78 is 5.61. The Kier molecular flexibility index (Phi) is 4.96. The molecule has 0 aliphatic rings. The minimum Gasteiger partial charge on any atom is -0.431 e. The van der Waals surface area contributed by atoms with Gasteiger partial charge in [0.25, 0.3) is 5.22 Å². The van der Waals surface area contributed by atoms with E-state index in [9.17, 15) is 4.79 Å². The van der Waals surface area contributed by atoms with Crippen molar-refractivity contribution in [3.63, 3.8) is 0 Å². The minimum absolute atomic E-state index is 0.135. The van der Waals surface area contributed by atoms with E-state index in [1.807, 2.05) is 29.6 Å². The molecular weight excluding hydrogens is 378 g/mol. The first-order chi connectivity index (χ1) is 13.1. The van der Waals surface area contributed by atoms with Gasteiger partial charge in [-0.2, -0.15) is 0 Å². The molecule has 0 bridgehead atoms. The van der Waals surface area contributed by atoms with E-state index in [0.717, 1.165) is 27.9 Å². The molecule has 2 aromatic carbocycles. The van der Waals surface area contributed by atoms with Gasteiger partial charge in [-0.3, -0.25) is 4.79 Å². The molecule has 2 heterocycles. The number of fused-ring (bicyclic) bond motifs is 1. The Labute approximate surface area is 164 Å². The summed E-state index contributed by atoms with van der Waals surface area (Å²) in [7, 11) is 0. The van der Waals surface area contributed by atoms with Gasteiger partial charge in [-0.25, -0.2) is 9.97 Å². The van der Waals surface area contributed by atoms with E-state index >= 15 is 0 Å². The second-order valence-corrected chi connectivity index (χ2v) is 7.93. The minimum atomic E-state index is -0.135. The third-order valence-electron chi connectivity index (χ3n) is 4.02. The number of aromatic nitrogens is 2. The molecule has 0 radical (unpaired) electrons. The molecule has 0 aliphatic carbocycles. The zero-order valence-corrected chi connectivity index (χ0v) is 16.5. The quantitative estimate of drug-likeness (QED) is 0.465. The second kappa shape index (κ2) is 7.54. The lowest BCUT2D eigenvalue weighted by atomic mass is 10.0. The zero-order chi connectivity index (χ0) is 18.8. The van der Waals surface area contributed by atoms with Gasteiger partial charge in [-0.1, -0.05) is 41.6 Å². The fraction of sp³-hybridized carbons (Fsp3) is 0.150. The highest BCUT2D eigenvalue weighted by molar-refractivity contribution is 7.99. The number of carbonyl (C=O) groups excluding carboxylic acids is 1. The average molecular weight is 396 g/mol. The summed E-state index contributed by atoms with van der Waals surface area (Å²) in [4.78, 5) is 21.1. The Bertz CT molecular complexity index is 1080. The maximum atomic E-state index is 12.2. The van der Waals surface area contributed by atoms with Crippen molar-refractivity contribution >= 4 is 45.2 Å². The first-order valence-electron chi connectivity index (χ1n) is 8.40. The first-order valence-corrected chi connectivity index (χ1v) is 10.3. The number of para-hydroxylation sites is 2. The fourth-order valence-electron chi connectivity index (χ4n) is 2.66. The van der Waals surface area contributed by atoms with E-state index in [-0.39, 0.29) is 11.7 Å². The largest absolute Gasteiger partial charge is 0.431 e. The smallest absolute Gasteiger partial charge is 0.257 e. The number of hydrogen-bond donors (Lipinski definition) is 1. The number of rotatable bonds is 5. The van der Waals surface area contributed by atoms with Crippen LogP contribution in [0.2, 0.25) is 0 Å². The highest BCUT2D eigenvalue weighted by Gasteiger charge is 2.12. The molecule has 1 amide bonds.